The molecule has 1 N–H and O–H groups in total. The van der Waals surface area contributed by atoms with Gasteiger partial charge < -0.3 is 10.2 Å². The molecule has 1 aliphatic carbocycles. The van der Waals surface area contributed by atoms with Gasteiger partial charge in [-0.15, -0.1) is 0 Å². The molecule has 5 nitrogen and oxygen atoms in total. The predicted molar refractivity (Wildman–Crippen MR) is 117 cm³/mol. The Morgan fingerprint density at radius 2 is 1.76 bits per heavy atom. The minimum Gasteiger partial charge on any atom is -0.367 e. The Balaban J connectivity index is 1.39. The average Bonchev–Trinajstić information content (AvgIpc) is 3.39. The number of carbonyl (C=O) groups excluding carboxylic acids is 1. The Bertz CT molecular complexity index is 981. The first-order chi connectivity index (χ1) is 14.0. The van der Waals surface area contributed by atoms with Crippen LogP contribution in [0.3, 0.4) is 0 Å². The molecule has 0 bridgehead atoms. The van der Waals surface area contributed by atoms with Crippen LogP contribution in [0.1, 0.15) is 43.2 Å². The second kappa shape index (κ2) is 8.57. The highest BCUT2D eigenvalue weighted by atomic mass is 32.2. The van der Waals surface area contributed by atoms with Crippen LogP contribution in [0.15, 0.2) is 48.5 Å². The van der Waals surface area contributed by atoms with Crippen LogP contribution in [-0.2, 0) is 27.6 Å². The minimum absolute atomic E-state index is 0.0136. The maximum atomic E-state index is 12.5. The number of hydrogen-bond donors (Lipinski definition) is 1. The number of carbonyl (C=O) groups is 1. The van der Waals surface area contributed by atoms with Crippen LogP contribution < -0.4 is 10.2 Å². The maximum Gasteiger partial charge on any atom is 0.225 e. The van der Waals surface area contributed by atoms with Gasteiger partial charge in [0.2, 0.25) is 5.91 Å². The van der Waals surface area contributed by atoms with E-state index >= 15 is 0 Å². The third-order valence-corrected chi connectivity index (χ3v) is 8.32. The van der Waals surface area contributed by atoms with E-state index in [4.69, 9.17) is 0 Å². The van der Waals surface area contributed by atoms with Crippen molar-refractivity contribution in [1.29, 1.82) is 0 Å². The zero-order valence-corrected chi connectivity index (χ0v) is 17.5. The highest BCUT2D eigenvalue weighted by Gasteiger charge is 2.29. The number of benzene rings is 2. The summed E-state index contributed by atoms with van der Waals surface area (Å²) in [6.07, 6.45) is 4.48. The lowest BCUT2D eigenvalue weighted by Crippen LogP contribution is -2.25. The van der Waals surface area contributed by atoms with Crippen LogP contribution in [0.2, 0.25) is 0 Å². The van der Waals surface area contributed by atoms with E-state index in [9.17, 15) is 13.2 Å². The zero-order valence-electron chi connectivity index (χ0n) is 16.6. The second-order valence-electron chi connectivity index (χ2n) is 8.03. The molecule has 0 unspecified atom stereocenters. The van der Waals surface area contributed by atoms with Crippen LogP contribution in [0.25, 0.3) is 0 Å². The van der Waals surface area contributed by atoms with Crippen molar-refractivity contribution < 1.29 is 13.2 Å². The van der Waals surface area contributed by atoms with Crippen LogP contribution in [0.5, 0.6) is 0 Å². The third kappa shape index (κ3) is 4.64. The molecule has 2 aromatic carbocycles. The van der Waals surface area contributed by atoms with E-state index in [2.05, 4.69) is 34.5 Å². The molecule has 1 saturated carbocycles. The molecule has 2 aromatic rings. The molecular weight excluding hydrogens is 384 g/mol. The number of anilines is 2. The number of hydrogen-bond acceptors (Lipinski definition) is 4. The Morgan fingerprint density at radius 3 is 2.59 bits per heavy atom. The number of rotatable bonds is 7. The molecule has 6 heteroatoms. The Kier molecular flexibility index (Phi) is 5.90. The van der Waals surface area contributed by atoms with Crippen LogP contribution in [-0.4, -0.2) is 31.9 Å². The van der Waals surface area contributed by atoms with Crippen molar-refractivity contribution in [1.82, 2.24) is 0 Å². The number of nitrogens with one attached hydrogen (secondary N) is 1. The molecule has 0 radical (unpaired) electrons. The molecular formula is C23H28N2O3S. The van der Waals surface area contributed by atoms with Gasteiger partial charge >= 0.3 is 0 Å². The fourth-order valence-corrected chi connectivity index (χ4v) is 6.27. The molecule has 1 fully saturated rings. The molecule has 4 rings (SSSR count). The van der Waals surface area contributed by atoms with Crippen molar-refractivity contribution in [3.63, 3.8) is 0 Å². The molecule has 29 heavy (non-hydrogen) atoms. The van der Waals surface area contributed by atoms with Gasteiger partial charge in [-0.2, -0.15) is 0 Å². The van der Waals surface area contributed by atoms with Gasteiger partial charge in [0.05, 0.1) is 11.0 Å². The first-order valence-corrected chi connectivity index (χ1v) is 12.2. The van der Waals surface area contributed by atoms with Gasteiger partial charge in [-0.25, -0.2) is 8.42 Å². The van der Waals surface area contributed by atoms with Crippen molar-refractivity contribution >= 4 is 27.1 Å². The molecule has 1 amide bonds. The summed E-state index contributed by atoms with van der Waals surface area (Å²) in [6.45, 7) is 1.68. The SMILES string of the molecule is O=C(CCS(=O)(=O)C1CCCC1)Nc1ccccc1CN1CCc2ccccc21. The summed E-state index contributed by atoms with van der Waals surface area (Å²) >= 11 is 0. The van der Waals surface area contributed by atoms with Crippen LogP contribution in [0, 0.1) is 0 Å². The molecule has 1 aliphatic heterocycles. The largest absolute Gasteiger partial charge is 0.367 e. The summed E-state index contributed by atoms with van der Waals surface area (Å²) in [5.74, 6) is -0.300. The third-order valence-electron chi connectivity index (χ3n) is 6.06. The Labute approximate surface area is 173 Å². The molecule has 2 aliphatic rings. The van der Waals surface area contributed by atoms with Crippen molar-refractivity contribution in [2.24, 2.45) is 0 Å². The predicted octanol–water partition coefficient (Wildman–Crippen LogP) is 3.94. The summed E-state index contributed by atoms with van der Waals surface area (Å²) in [6, 6.07) is 16.2. The first kappa shape index (κ1) is 20.0. The molecule has 1 heterocycles. The van der Waals surface area contributed by atoms with E-state index < -0.39 is 9.84 Å². The Hall–Kier alpha value is -2.34. The van der Waals surface area contributed by atoms with Gasteiger partial charge in [-0.1, -0.05) is 49.2 Å². The van der Waals surface area contributed by atoms with Crippen molar-refractivity contribution in [3.8, 4) is 0 Å². The van der Waals surface area contributed by atoms with Gasteiger partial charge in [-0.05, 0) is 42.5 Å². The highest BCUT2D eigenvalue weighted by molar-refractivity contribution is 7.92. The van der Waals surface area contributed by atoms with E-state index in [0.29, 0.717) is 6.54 Å². The van der Waals surface area contributed by atoms with E-state index in [-0.39, 0.29) is 23.3 Å². The van der Waals surface area contributed by atoms with E-state index in [1.807, 2.05) is 24.3 Å². The molecule has 0 saturated heterocycles. The lowest BCUT2D eigenvalue weighted by molar-refractivity contribution is -0.115. The monoisotopic (exact) mass is 412 g/mol. The average molecular weight is 413 g/mol. The summed E-state index contributed by atoms with van der Waals surface area (Å²) in [7, 11) is -3.18. The van der Waals surface area contributed by atoms with Gasteiger partial charge in [0, 0.05) is 30.9 Å². The number of sulfone groups is 1. The van der Waals surface area contributed by atoms with E-state index in [1.54, 1.807) is 0 Å². The number of para-hydroxylation sites is 2. The molecule has 154 valence electrons. The second-order valence-corrected chi connectivity index (χ2v) is 10.4. The quantitative estimate of drug-likeness (QED) is 0.748. The topological polar surface area (TPSA) is 66.5 Å². The number of nitrogens with zero attached hydrogens (tertiary/aromatic N) is 1. The normalized spacial score (nSPS) is 16.8. The molecule has 0 atom stereocenters. The first-order valence-electron chi connectivity index (χ1n) is 10.4. The van der Waals surface area contributed by atoms with Crippen LogP contribution in [0.4, 0.5) is 11.4 Å². The zero-order chi connectivity index (χ0) is 20.3. The fraction of sp³-hybridized carbons (Fsp3) is 0.435. The minimum atomic E-state index is -3.18. The van der Waals surface area contributed by atoms with Gasteiger partial charge in [0.1, 0.15) is 0 Å². The fourth-order valence-electron chi connectivity index (χ4n) is 4.42. The molecule has 0 spiro atoms. The smallest absolute Gasteiger partial charge is 0.225 e. The van der Waals surface area contributed by atoms with Gasteiger partial charge in [0.25, 0.3) is 0 Å². The lowest BCUT2D eigenvalue weighted by Gasteiger charge is -2.21. The van der Waals surface area contributed by atoms with E-state index in [1.165, 1.54) is 11.3 Å². The van der Waals surface area contributed by atoms with Gasteiger partial charge in [-0.3, -0.25) is 4.79 Å². The van der Waals surface area contributed by atoms with Gasteiger partial charge in [0.15, 0.2) is 9.84 Å². The summed E-state index contributed by atoms with van der Waals surface area (Å²) in [4.78, 5) is 14.8. The Morgan fingerprint density at radius 1 is 1.03 bits per heavy atom. The molecule has 0 aromatic heterocycles. The standard InChI is InChI=1S/C23H28N2O3S/c26-23(14-16-29(27,28)20-9-3-4-10-20)24-21-11-5-1-8-19(21)17-25-15-13-18-7-2-6-12-22(18)25/h1-2,5-8,11-12,20H,3-4,9-10,13-17H2,(H,24,26). The summed E-state index contributed by atoms with van der Waals surface area (Å²) < 4.78 is 24.8. The summed E-state index contributed by atoms with van der Waals surface area (Å²) in [5, 5.41) is 2.69. The van der Waals surface area contributed by atoms with Crippen LogP contribution >= 0.6 is 0 Å². The highest BCUT2D eigenvalue weighted by Crippen LogP contribution is 2.30. The summed E-state index contributed by atoms with van der Waals surface area (Å²) in [5.41, 5.74) is 4.40. The van der Waals surface area contributed by atoms with E-state index in [0.717, 1.165) is 49.9 Å². The van der Waals surface area contributed by atoms with Crippen molar-refractivity contribution in [2.75, 3.05) is 22.5 Å². The number of fused-ring (bicyclic) bond motifs is 1. The van der Waals surface area contributed by atoms with Crippen molar-refractivity contribution in [3.05, 3.63) is 59.7 Å². The number of amides is 1. The lowest BCUT2D eigenvalue weighted by atomic mass is 10.1. The maximum absolute atomic E-state index is 12.5. The van der Waals surface area contributed by atoms with Crippen molar-refractivity contribution in [2.45, 2.75) is 50.3 Å².